The molecule has 148 valence electrons. The molecule has 1 aromatic carbocycles. The Morgan fingerprint density at radius 2 is 1.70 bits per heavy atom. The predicted octanol–water partition coefficient (Wildman–Crippen LogP) is 3.94. The third-order valence-corrected chi connectivity index (χ3v) is 7.61. The van der Waals surface area contributed by atoms with E-state index in [2.05, 4.69) is 10.5 Å². The molecular formula is C19H25FN2O4S. The van der Waals surface area contributed by atoms with Gasteiger partial charge in [-0.05, 0) is 44.0 Å². The number of sulfone groups is 1. The number of rotatable bonds is 6. The molecule has 0 saturated carbocycles. The first-order valence-corrected chi connectivity index (χ1v) is 10.1. The fourth-order valence-electron chi connectivity index (χ4n) is 2.23. The van der Waals surface area contributed by atoms with Gasteiger partial charge in [0.2, 0.25) is 11.8 Å². The lowest BCUT2D eigenvalue weighted by Crippen LogP contribution is -2.44. The molecule has 0 spiro atoms. The van der Waals surface area contributed by atoms with E-state index in [9.17, 15) is 17.6 Å². The lowest BCUT2D eigenvalue weighted by Gasteiger charge is -2.26. The number of hydrogen-bond acceptors (Lipinski definition) is 5. The van der Waals surface area contributed by atoms with E-state index in [1.807, 2.05) is 27.7 Å². The number of carbonyl (C=O) groups is 1. The summed E-state index contributed by atoms with van der Waals surface area (Å²) in [6, 6.07) is 5.95. The number of benzene rings is 1. The van der Waals surface area contributed by atoms with Crippen LogP contribution in [0.15, 0.2) is 39.8 Å². The minimum absolute atomic E-state index is 0.0751. The van der Waals surface area contributed by atoms with Crippen molar-refractivity contribution in [3.05, 3.63) is 41.8 Å². The smallest absolute Gasteiger partial charge is 0.248 e. The van der Waals surface area contributed by atoms with Gasteiger partial charge in [-0.2, -0.15) is 0 Å². The monoisotopic (exact) mass is 396 g/mol. The standard InChI is InChI=1S/C19H25FN2O4S/c1-12(2)18(3,4)15-11-16(26-22-15)21-17(23)19(5,6)27(24,25)14-9-7-13(20)8-10-14/h7-12H,1-6H3,(H,21,23). The number of nitrogens with zero attached hydrogens (tertiary/aromatic N) is 1. The van der Waals surface area contributed by atoms with Crippen molar-refractivity contribution in [1.29, 1.82) is 0 Å². The maximum Gasteiger partial charge on any atom is 0.248 e. The van der Waals surface area contributed by atoms with Crippen molar-refractivity contribution in [1.82, 2.24) is 5.16 Å². The van der Waals surface area contributed by atoms with Crippen LogP contribution >= 0.6 is 0 Å². The Labute approximate surface area is 159 Å². The molecule has 1 aromatic heterocycles. The highest BCUT2D eigenvalue weighted by Crippen LogP contribution is 2.32. The minimum atomic E-state index is -4.05. The second-order valence-electron chi connectivity index (χ2n) is 7.87. The molecule has 6 nitrogen and oxygen atoms in total. The van der Waals surface area contributed by atoms with Crippen LogP contribution in [0.4, 0.5) is 10.3 Å². The van der Waals surface area contributed by atoms with Gasteiger partial charge in [0.1, 0.15) is 10.6 Å². The summed E-state index contributed by atoms with van der Waals surface area (Å²) < 4.78 is 42.1. The molecule has 2 rings (SSSR count). The van der Waals surface area contributed by atoms with Gasteiger partial charge < -0.3 is 4.52 Å². The Hall–Kier alpha value is -2.22. The summed E-state index contributed by atoms with van der Waals surface area (Å²) in [6.07, 6.45) is 0. The van der Waals surface area contributed by atoms with Gasteiger partial charge in [0.25, 0.3) is 0 Å². The quantitative estimate of drug-likeness (QED) is 0.747. The molecule has 0 aliphatic carbocycles. The topological polar surface area (TPSA) is 89.3 Å². The van der Waals surface area contributed by atoms with Crippen LogP contribution in [0, 0.1) is 11.7 Å². The molecule has 1 amide bonds. The fourth-order valence-corrected chi connectivity index (χ4v) is 3.61. The summed E-state index contributed by atoms with van der Waals surface area (Å²) in [5.41, 5.74) is 0.384. The molecule has 0 saturated heterocycles. The maximum atomic E-state index is 13.1. The van der Waals surface area contributed by atoms with Gasteiger partial charge in [-0.1, -0.05) is 32.9 Å². The Morgan fingerprint density at radius 1 is 1.15 bits per heavy atom. The number of hydrogen-bond donors (Lipinski definition) is 1. The van der Waals surface area contributed by atoms with Gasteiger partial charge in [-0.3, -0.25) is 10.1 Å². The van der Waals surface area contributed by atoms with Gasteiger partial charge in [0.05, 0.1) is 10.6 Å². The maximum absolute atomic E-state index is 13.1. The van der Waals surface area contributed by atoms with E-state index in [1.165, 1.54) is 13.8 Å². The molecule has 1 heterocycles. The highest BCUT2D eigenvalue weighted by atomic mass is 32.2. The van der Waals surface area contributed by atoms with Crippen molar-refractivity contribution in [2.45, 2.75) is 56.6 Å². The molecule has 27 heavy (non-hydrogen) atoms. The third-order valence-electron chi connectivity index (χ3n) is 5.19. The van der Waals surface area contributed by atoms with E-state index in [4.69, 9.17) is 4.52 Å². The van der Waals surface area contributed by atoms with E-state index in [1.54, 1.807) is 6.07 Å². The molecule has 0 unspecified atom stereocenters. The molecule has 2 aromatic rings. The second kappa shape index (κ2) is 7.07. The normalized spacial score (nSPS) is 13.0. The van der Waals surface area contributed by atoms with E-state index < -0.39 is 26.3 Å². The van der Waals surface area contributed by atoms with Crippen LogP contribution in [0.25, 0.3) is 0 Å². The van der Waals surface area contributed by atoms with Crippen molar-refractivity contribution in [3.63, 3.8) is 0 Å². The van der Waals surface area contributed by atoms with Crippen molar-refractivity contribution >= 4 is 21.6 Å². The summed E-state index contributed by atoms with van der Waals surface area (Å²) in [7, 11) is -4.05. The number of nitrogens with one attached hydrogen (secondary N) is 1. The van der Waals surface area contributed by atoms with Crippen molar-refractivity contribution < 1.29 is 22.1 Å². The first-order chi connectivity index (χ1) is 12.3. The highest BCUT2D eigenvalue weighted by molar-refractivity contribution is 7.93. The van der Waals surface area contributed by atoms with Crippen molar-refractivity contribution in [3.8, 4) is 0 Å². The van der Waals surface area contributed by atoms with E-state index in [0.717, 1.165) is 24.3 Å². The Balaban J connectivity index is 2.27. The Morgan fingerprint density at radius 3 is 2.22 bits per heavy atom. The number of halogens is 1. The van der Waals surface area contributed by atoms with Crippen LogP contribution < -0.4 is 5.32 Å². The van der Waals surface area contributed by atoms with E-state index >= 15 is 0 Å². The van der Waals surface area contributed by atoms with Gasteiger partial charge >= 0.3 is 0 Å². The molecular weight excluding hydrogens is 371 g/mol. The lowest BCUT2D eigenvalue weighted by atomic mass is 9.78. The van der Waals surface area contributed by atoms with Gasteiger partial charge in [0, 0.05) is 11.5 Å². The van der Waals surface area contributed by atoms with Crippen molar-refractivity contribution in [2.75, 3.05) is 5.32 Å². The van der Waals surface area contributed by atoms with Crippen LogP contribution in [0.5, 0.6) is 0 Å². The zero-order valence-corrected chi connectivity index (χ0v) is 17.1. The molecule has 0 atom stereocenters. The summed E-state index contributed by atoms with van der Waals surface area (Å²) >= 11 is 0. The second-order valence-corrected chi connectivity index (χ2v) is 10.4. The lowest BCUT2D eigenvalue weighted by molar-refractivity contribution is -0.118. The number of amides is 1. The molecule has 0 bridgehead atoms. The van der Waals surface area contributed by atoms with E-state index in [-0.39, 0.29) is 22.1 Å². The van der Waals surface area contributed by atoms with E-state index in [0.29, 0.717) is 5.69 Å². The molecule has 1 N–H and O–H groups in total. The fraction of sp³-hybridized carbons (Fsp3) is 0.474. The highest BCUT2D eigenvalue weighted by Gasteiger charge is 2.43. The first kappa shape index (κ1) is 21.1. The summed E-state index contributed by atoms with van der Waals surface area (Å²) in [4.78, 5) is 12.5. The molecule has 0 fully saturated rings. The van der Waals surface area contributed by atoms with Crippen molar-refractivity contribution in [2.24, 2.45) is 5.92 Å². The Kier molecular flexibility index (Phi) is 5.52. The summed E-state index contributed by atoms with van der Waals surface area (Å²) in [5, 5.41) is 6.47. The first-order valence-electron chi connectivity index (χ1n) is 8.59. The average molecular weight is 396 g/mol. The van der Waals surface area contributed by atoms with Crippen LogP contribution in [0.1, 0.15) is 47.2 Å². The molecule has 0 aliphatic heterocycles. The van der Waals surface area contributed by atoms with Crippen LogP contribution in [-0.2, 0) is 20.0 Å². The van der Waals surface area contributed by atoms with Crippen LogP contribution in [-0.4, -0.2) is 24.2 Å². The Bertz CT molecular complexity index is 929. The van der Waals surface area contributed by atoms with Crippen LogP contribution in [0.2, 0.25) is 0 Å². The molecule has 0 radical (unpaired) electrons. The largest absolute Gasteiger partial charge is 0.338 e. The summed E-state index contributed by atoms with van der Waals surface area (Å²) in [6.45, 7) is 10.7. The predicted molar refractivity (Wildman–Crippen MR) is 101 cm³/mol. The van der Waals surface area contributed by atoms with Gasteiger partial charge in [-0.25, -0.2) is 12.8 Å². The van der Waals surface area contributed by atoms with Gasteiger partial charge in [-0.15, -0.1) is 0 Å². The van der Waals surface area contributed by atoms with Crippen LogP contribution in [0.3, 0.4) is 0 Å². The number of carbonyl (C=O) groups excluding carboxylic acids is 1. The average Bonchev–Trinajstić information content (AvgIpc) is 3.04. The minimum Gasteiger partial charge on any atom is -0.338 e. The SMILES string of the molecule is CC(C)C(C)(C)c1cc(NC(=O)C(C)(C)S(=O)(=O)c2ccc(F)cc2)on1. The zero-order chi connectivity index (χ0) is 20.6. The zero-order valence-electron chi connectivity index (χ0n) is 16.3. The third kappa shape index (κ3) is 3.90. The number of aromatic nitrogens is 1. The molecule has 8 heteroatoms. The van der Waals surface area contributed by atoms with Gasteiger partial charge in [0.15, 0.2) is 9.84 Å². The molecule has 0 aliphatic rings. The number of anilines is 1. The summed E-state index contributed by atoms with van der Waals surface area (Å²) in [5.74, 6) is -0.970.